The number of amides is 1. The van der Waals surface area contributed by atoms with Gasteiger partial charge in [0.15, 0.2) is 0 Å². The summed E-state index contributed by atoms with van der Waals surface area (Å²) in [4.78, 5) is 25.3. The third-order valence-corrected chi connectivity index (χ3v) is 4.14. The molecule has 1 aliphatic heterocycles. The molecule has 2 heterocycles. The maximum atomic E-state index is 12.3. The largest absolute Gasteiger partial charge is 0.481 e. The minimum atomic E-state index is -0.843. The van der Waals surface area contributed by atoms with Crippen molar-refractivity contribution in [1.82, 2.24) is 4.90 Å². The quantitative estimate of drug-likeness (QED) is 0.927. The smallest absolute Gasteiger partial charge is 0.311 e. The number of likely N-dealkylation sites (tertiary alicyclic amines) is 1. The summed E-state index contributed by atoms with van der Waals surface area (Å²) < 4.78 is 4.90. The molecule has 1 N–H and O–H groups in total. The van der Waals surface area contributed by atoms with Gasteiger partial charge in [0.25, 0.3) is 5.91 Å². The van der Waals surface area contributed by atoms with Gasteiger partial charge in [-0.05, 0) is 36.9 Å². The Balaban J connectivity index is 2.20. The number of carbonyl (C=O) groups is 2. The van der Waals surface area contributed by atoms with E-state index in [2.05, 4.69) is 0 Å². The van der Waals surface area contributed by atoms with Gasteiger partial charge in [-0.2, -0.15) is 0 Å². The van der Waals surface area contributed by atoms with Gasteiger partial charge in [0, 0.05) is 13.1 Å². The number of furan rings is 1. The number of hydrogen-bond acceptors (Lipinski definition) is 3. The van der Waals surface area contributed by atoms with Crippen LogP contribution in [0.4, 0.5) is 0 Å². The molecule has 0 aliphatic carbocycles. The number of aliphatic carboxylic acids is 1. The first-order valence-corrected chi connectivity index (χ1v) is 6.63. The Morgan fingerprint density at radius 3 is 2.84 bits per heavy atom. The van der Waals surface area contributed by atoms with Gasteiger partial charge in [-0.3, -0.25) is 9.59 Å². The third-order valence-electron chi connectivity index (χ3n) is 3.84. The summed E-state index contributed by atoms with van der Waals surface area (Å²) in [6, 6.07) is 1.51. The molecule has 1 atom stereocenters. The Hall–Kier alpha value is -1.49. The van der Waals surface area contributed by atoms with E-state index >= 15 is 0 Å². The van der Waals surface area contributed by atoms with Gasteiger partial charge in [0.05, 0.1) is 17.2 Å². The molecule has 1 aromatic rings. The number of nitrogens with zero attached hydrogens (tertiary/aromatic N) is 1. The fourth-order valence-corrected chi connectivity index (χ4v) is 2.73. The number of rotatable bonds is 3. The third kappa shape index (κ3) is 2.47. The predicted octanol–water partition coefficient (Wildman–Crippen LogP) is 2.65. The number of carboxylic acid groups (broad SMARTS) is 1. The molecule has 5 nitrogen and oxygen atoms in total. The van der Waals surface area contributed by atoms with Crippen molar-refractivity contribution < 1.29 is 19.1 Å². The van der Waals surface area contributed by atoms with E-state index in [0.717, 1.165) is 0 Å². The summed E-state index contributed by atoms with van der Waals surface area (Å²) >= 11 is 5.79. The molecule has 1 saturated heterocycles. The molecule has 19 heavy (non-hydrogen) atoms. The maximum absolute atomic E-state index is 12.3. The van der Waals surface area contributed by atoms with Gasteiger partial charge in [-0.25, -0.2) is 0 Å². The Kier molecular flexibility index (Phi) is 3.85. The van der Waals surface area contributed by atoms with Crippen LogP contribution in [0.5, 0.6) is 0 Å². The van der Waals surface area contributed by atoms with Crippen LogP contribution in [0.3, 0.4) is 0 Å². The molecule has 6 heteroatoms. The van der Waals surface area contributed by atoms with E-state index in [-0.39, 0.29) is 17.7 Å². The number of piperidine rings is 1. The Labute approximate surface area is 116 Å². The maximum Gasteiger partial charge on any atom is 0.311 e. The van der Waals surface area contributed by atoms with E-state index in [1.54, 1.807) is 4.90 Å². The Morgan fingerprint density at radius 1 is 1.58 bits per heavy atom. The zero-order valence-corrected chi connectivity index (χ0v) is 11.4. The fraction of sp³-hybridized carbons (Fsp3) is 0.538. The molecule has 1 fully saturated rings. The van der Waals surface area contributed by atoms with E-state index in [1.165, 1.54) is 12.3 Å². The first kappa shape index (κ1) is 13.9. The number of halogens is 1. The zero-order valence-electron chi connectivity index (χ0n) is 10.7. The molecule has 1 amide bonds. The molecule has 104 valence electrons. The van der Waals surface area contributed by atoms with E-state index in [4.69, 9.17) is 16.0 Å². The van der Waals surface area contributed by atoms with Crippen LogP contribution in [-0.2, 0) is 4.79 Å². The van der Waals surface area contributed by atoms with Crippen LogP contribution in [0.15, 0.2) is 16.7 Å². The van der Waals surface area contributed by atoms with E-state index in [1.807, 2.05) is 6.92 Å². The summed E-state index contributed by atoms with van der Waals surface area (Å²) in [5.41, 5.74) is -0.552. The molecule has 0 spiro atoms. The minimum absolute atomic E-state index is 0.0491. The monoisotopic (exact) mass is 285 g/mol. The second kappa shape index (κ2) is 5.25. The van der Waals surface area contributed by atoms with Crippen LogP contribution in [-0.4, -0.2) is 35.0 Å². The lowest BCUT2D eigenvalue weighted by molar-refractivity contribution is -0.152. The van der Waals surface area contributed by atoms with Crippen molar-refractivity contribution in [2.75, 3.05) is 13.1 Å². The molecule has 0 radical (unpaired) electrons. The highest BCUT2D eigenvalue weighted by molar-refractivity contribution is 6.32. The number of hydrogen-bond donors (Lipinski definition) is 1. The van der Waals surface area contributed by atoms with Crippen molar-refractivity contribution in [2.24, 2.45) is 5.41 Å². The van der Waals surface area contributed by atoms with Crippen molar-refractivity contribution in [2.45, 2.75) is 26.2 Å². The molecule has 0 saturated carbocycles. The topological polar surface area (TPSA) is 70.8 Å². The molecule has 0 aromatic carbocycles. The highest BCUT2D eigenvalue weighted by Crippen LogP contribution is 2.34. The SMILES string of the molecule is CCC1(C(=O)O)CCCN(C(=O)c2ccoc2Cl)C1. The van der Waals surface area contributed by atoms with Crippen molar-refractivity contribution >= 4 is 23.5 Å². The summed E-state index contributed by atoms with van der Waals surface area (Å²) in [6.45, 7) is 2.61. The van der Waals surface area contributed by atoms with Crippen LogP contribution >= 0.6 is 11.6 Å². The van der Waals surface area contributed by atoms with Crippen molar-refractivity contribution in [1.29, 1.82) is 0 Å². The van der Waals surface area contributed by atoms with Gasteiger partial charge < -0.3 is 14.4 Å². The first-order valence-electron chi connectivity index (χ1n) is 6.26. The molecular formula is C13H16ClNO4. The van der Waals surface area contributed by atoms with Gasteiger partial charge in [0.1, 0.15) is 0 Å². The second-order valence-electron chi connectivity index (χ2n) is 4.88. The zero-order chi connectivity index (χ0) is 14.0. The lowest BCUT2D eigenvalue weighted by Crippen LogP contribution is -2.49. The van der Waals surface area contributed by atoms with Crippen molar-refractivity contribution in [3.63, 3.8) is 0 Å². The molecule has 1 aromatic heterocycles. The van der Waals surface area contributed by atoms with E-state index in [0.29, 0.717) is 31.4 Å². The van der Waals surface area contributed by atoms with Gasteiger partial charge in [-0.15, -0.1) is 0 Å². The van der Waals surface area contributed by atoms with E-state index in [9.17, 15) is 14.7 Å². The van der Waals surface area contributed by atoms with Crippen molar-refractivity contribution in [3.8, 4) is 0 Å². The summed E-state index contributed by atoms with van der Waals surface area (Å²) in [5, 5.41) is 9.44. The molecular weight excluding hydrogens is 270 g/mol. The summed E-state index contributed by atoms with van der Waals surface area (Å²) in [5.74, 6) is -1.11. The number of carboxylic acids is 1. The summed E-state index contributed by atoms with van der Waals surface area (Å²) in [6.07, 6.45) is 3.14. The van der Waals surface area contributed by atoms with Crippen LogP contribution in [0, 0.1) is 5.41 Å². The lowest BCUT2D eigenvalue weighted by atomic mass is 9.77. The van der Waals surface area contributed by atoms with Crippen LogP contribution < -0.4 is 0 Å². The van der Waals surface area contributed by atoms with E-state index < -0.39 is 11.4 Å². The molecule has 0 bridgehead atoms. The van der Waals surface area contributed by atoms with Crippen LogP contribution in [0.1, 0.15) is 36.5 Å². The highest BCUT2D eigenvalue weighted by Gasteiger charge is 2.42. The van der Waals surface area contributed by atoms with Gasteiger partial charge >= 0.3 is 5.97 Å². The Morgan fingerprint density at radius 2 is 2.32 bits per heavy atom. The normalized spacial score (nSPS) is 23.4. The molecule has 2 rings (SSSR count). The average Bonchev–Trinajstić information content (AvgIpc) is 2.84. The molecule has 1 aliphatic rings. The lowest BCUT2D eigenvalue weighted by Gasteiger charge is -2.39. The van der Waals surface area contributed by atoms with Crippen molar-refractivity contribution in [3.05, 3.63) is 23.1 Å². The Bertz CT molecular complexity index is 499. The van der Waals surface area contributed by atoms with Crippen LogP contribution in [0.2, 0.25) is 5.22 Å². The highest BCUT2D eigenvalue weighted by atomic mass is 35.5. The second-order valence-corrected chi connectivity index (χ2v) is 5.22. The number of carbonyl (C=O) groups excluding carboxylic acids is 1. The standard InChI is InChI=1S/C13H16ClNO4/c1-2-13(12(17)18)5-3-6-15(8-13)11(16)9-4-7-19-10(9)14/h4,7H,2-3,5-6,8H2,1H3,(H,17,18). The fourth-order valence-electron chi connectivity index (χ4n) is 2.54. The average molecular weight is 286 g/mol. The van der Waals surface area contributed by atoms with Crippen LogP contribution in [0.25, 0.3) is 0 Å². The summed E-state index contributed by atoms with van der Waals surface area (Å²) in [7, 11) is 0. The first-order chi connectivity index (χ1) is 9.00. The predicted molar refractivity (Wildman–Crippen MR) is 69.2 cm³/mol. The van der Waals surface area contributed by atoms with Gasteiger partial charge in [0.2, 0.25) is 5.22 Å². The molecule has 1 unspecified atom stereocenters. The van der Waals surface area contributed by atoms with Gasteiger partial charge in [-0.1, -0.05) is 6.92 Å². The minimum Gasteiger partial charge on any atom is -0.481 e.